The van der Waals surface area contributed by atoms with Crippen molar-refractivity contribution in [1.29, 1.82) is 0 Å². The molecular weight excluding hydrogens is 400 g/mol. The molecule has 0 saturated heterocycles. The first-order chi connectivity index (χ1) is 14.0. The second-order valence-corrected chi connectivity index (χ2v) is 5.99. The molecule has 0 aliphatic carbocycles. The Hall–Kier alpha value is -4.15. The van der Waals surface area contributed by atoms with Gasteiger partial charge >= 0.3 is 23.8 Å². The molecule has 1 aliphatic rings. The van der Waals surface area contributed by atoms with Crippen LogP contribution in [0.15, 0.2) is 40.8 Å². The van der Waals surface area contributed by atoms with E-state index in [2.05, 4.69) is 4.74 Å². The van der Waals surface area contributed by atoms with Crippen molar-refractivity contribution < 1.29 is 43.3 Å². The SMILES string of the molecule is COc1cc(OC)cc(N(C(=O)C(N)=O)C(C)=C2C(=O)OC(=O)C(C(C)=O)=C2O)c1. The van der Waals surface area contributed by atoms with Gasteiger partial charge in [-0.3, -0.25) is 19.3 Å². The third kappa shape index (κ3) is 3.99. The van der Waals surface area contributed by atoms with Crippen molar-refractivity contribution in [2.45, 2.75) is 13.8 Å². The quantitative estimate of drug-likeness (QED) is 0.225. The highest BCUT2D eigenvalue weighted by atomic mass is 16.6. The average Bonchev–Trinajstić information content (AvgIpc) is 2.66. The third-order valence-electron chi connectivity index (χ3n) is 4.12. The molecule has 0 atom stereocenters. The number of carbonyl (C=O) groups is 5. The zero-order valence-electron chi connectivity index (χ0n) is 16.5. The Morgan fingerprint density at radius 1 is 1.00 bits per heavy atom. The lowest BCUT2D eigenvalue weighted by atomic mass is 10.0. The van der Waals surface area contributed by atoms with Gasteiger partial charge in [0.05, 0.1) is 19.9 Å². The molecule has 0 aromatic heterocycles. The van der Waals surface area contributed by atoms with Crippen LogP contribution in [0.2, 0.25) is 0 Å². The largest absolute Gasteiger partial charge is 0.506 e. The van der Waals surface area contributed by atoms with Gasteiger partial charge in [-0.25, -0.2) is 9.59 Å². The first kappa shape index (κ1) is 22.1. The number of amides is 2. The van der Waals surface area contributed by atoms with E-state index in [0.29, 0.717) is 4.90 Å². The Kier molecular flexibility index (Phi) is 6.25. The van der Waals surface area contributed by atoms with E-state index >= 15 is 0 Å². The van der Waals surface area contributed by atoms with Gasteiger partial charge in [0.25, 0.3) is 0 Å². The Labute approximate surface area is 170 Å². The topological polar surface area (TPSA) is 163 Å². The van der Waals surface area contributed by atoms with Crippen LogP contribution in [0, 0.1) is 0 Å². The van der Waals surface area contributed by atoms with Gasteiger partial charge in [0.15, 0.2) is 5.78 Å². The fourth-order valence-corrected chi connectivity index (χ4v) is 2.74. The maximum atomic E-state index is 12.6. The normalized spacial score (nSPS) is 15.3. The number of hydrogen-bond acceptors (Lipinski definition) is 9. The number of aliphatic hydroxyl groups excluding tert-OH is 1. The van der Waals surface area contributed by atoms with Crippen LogP contribution in [0.1, 0.15) is 13.8 Å². The highest BCUT2D eigenvalue weighted by Gasteiger charge is 2.38. The molecule has 30 heavy (non-hydrogen) atoms. The van der Waals surface area contributed by atoms with Crippen LogP contribution in [0.4, 0.5) is 5.69 Å². The van der Waals surface area contributed by atoms with Gasteiger partial charge in [0.2, 0.25) is 0 Å². The number of primary amides is 1. The Balaban J connectivity index is 2.85. The predicted molar refractivity (Wildman–Crippen MR) is 100 cm³/mol. The number of anilines is 1. The molecule has 158 valence electrons. The summed E-state index contributed by atoms with van der Waals surface area (Å²) in [7, 11) is 2.70. The van der Waals surface area contributed by atoms with E-state index in [1.54, 1.807) is 0 Å². The van der Waals surface area contributed by atoms with Crippen molar-refractivity contribution in [2.75, 3.05) is 19.1 Å². The van der Waals surface area contributed by atoms with Crippen molar-refractivity contribution in [1.82, 2.24) is 0 Å². The maximum absolute atomic E-state index is 12.6. The van der Waals surface area contributed by atoms with Crippen LogP contribution < -0.4 is 20.1 Å². The summed E-state index contributed by atoms with van der Waals surface area (Å²) in [6.07, 6.45) is 0. The number of carbonyl (C=O) groups excluding carboxylic acids is 5. The smallest absolute Gasteiger partial charge is 0.353 e. The van der Waals surface area contributed by atoms with E-state index in [-0.39, 0.29) is 22.9 Å². The number of rotatable bonds is 5. The summed E-state index contributed by atoms with van der Waals surface area (Å²) in [5.74, 6) is -6.71. The van der Waals surface area contributed by atoms with Crippen LogP contribution in [-0.2, 0) is 28.7 Å². The van der Waals surface area contributed by atoms with Gasteiger partial charge in [-0.05, 0) is 13.8 Å². The third-order valence-corrected chi connectivity index (χ3v) is 4.12. The molecule has 1 aromatic rings. The highest BCUT2D eigenvalue weighted by molar-refractivity contribution is 6.40. The Bertz CT molecular complexity index is 1010. The number of esters is 2. The molecule has 0 unspecified atom stereocenters. The lowest BCUT2D eigenvalue weighted by molar-refractivity contribution is -0.155. The molecule has 1 heterocycles. The zero-order chi connectivity index (χ0) is 22.7. The Morgan fingerprint density at radius 2 is 1.53 bits per heavy atom. The van der Waals surface area contributed by atoms with Crippen molar-refractivity contribution in [3.63, 3.8) is 0 Å². The number of hydrogen-bond donors (Lipinski definition) is 2. The molecule has 2 amide bonds. The summed E-state index contributed by atoms with van der Waals surface area (Å²) in [5, 5.41) is 10.4. The van der Waals surface area contributed by atoms with Crippen LogP contribution in [0.3, 0.4) is 0 Å². The second kappa shape index (κ2) is 8.47. The molecule has 3 N–H and O–H groups in total. The minimum absolute atomic E-state index is 0.0122. The van der Waals surface area contributed by atoms with E-state index < -0.39 is 46.4 Å². The molecule has 0 bridgehead atoms. The molecule has 2 rings (SSSR count). The fraction of sp³-hybridized carbons (Fsp3) is 0.211. The summed E-state index contributed by atoms with van der Waals surface area (Å²) in [6.45, 7) is 2.17. The molecule has 11 nitrogen and oxygen atoms in total. The molecule has 1 aromatic carbocycles. The van der Waals surface area contributed by atoms with Crippen molar-refractivity contribution in [3.05, 3.63) is 40.8 Å². The van der Waals surface area contributed by atoms with Crippen LogP contribution in [-0.4, -0.2) is 48.9 Å². The number of Topliss-reactive ketones (excluding diaryl/α,β-unsaturated/α-hetero) is 1. The minimum atomic E-state index is -1.38. The summed E-state index contributed by atoms with van der Waals surface area (Å²) in [4.78, 5) is 60.7. The van der Waals surface area contributed by atoms with E-state index in [1.165, 1.54) is 39.3 Å². The summed E-state index contributed by atoms with van der Waals surface area (Å²) in [5.41, 5.74) is 3.34. The number of allylic oxidation sites excluding steroid dienone is 1. The standard InChI is InChI=1S/C19H18N2O9/c1-8(13-15(23)14(9(2)22)19(27)30-18(13)26)21(17(25)16(20)24)10-5-11(28-3)7-12(6-10)29-4/h5-7,23H,1-4H3,(H2,20,24). The predicted octanol–water partition coefficient (Wildman–Crippen LogP) is 0.281. The summed E-state index contributed by atoms with van der Waals surface area (Å²) >= 11 is 0. The van der Waals surface area contributed by atoms with Gasteiger partial charge in [-0.15, -0.1) is 0 Å². The summed E-state index contributed by atoms with van der Waals surface area (Å²) in [6, 6.07) is 4.15. The summed E-state index contributed by atoms with van der Waals surface area (Å²) < 4.78 is 14.8. The van der Waals surface area contributed by atoms with E-state index in [4.69, 9.17) is 15.2 Å². The van der Waals surface area contributed by atoms with Crippen molar-refractivity contribution in [2.24, 2.45) is 5.73 Å². The second-order valence-electron chi connectivity index (χ2n) is 5.99. The monoisotopic (exact) mass is 418 g/mol. The number of benzene rings is 1. The van der Waals surface area contributed by atoms with E-state index in [0.717, 1.165) is 6.92 Å². The first-order valence-corrected chi connectivity index (χ1v) is 8.32. The van der Waals surface area contributed by atoms with Gasteiger partial charge in [0.1, 0.15) is 28.4 Å². The van der Waals surface area contributed by atoms with Gasteiger partial charge in [-0.2, -0.15) is 0 Å². The number of cyclic esters (lactones) is 2. The van der Waals surface area contributed by atoms with Crippen LogP contribution >= 0.6 is 0 Å². The number of nitrogens with zero attached hydrogens (tertiary/aromatic N) is 1. The molecule has 1 aliphatic heterocycles. The molecular formula is C19H18N2O9. The number of nitrogens with two attached hydrogens (primary N) is 1. The van der Waals surface area contributed by atoms with Crippen LogP contribution in [0.25, 0.3) is 0 Å². The molecule has 0 radical (unpaired) electrons. The Morgan fingerprint density at radius 3 is 1.97 bits per heavy atom. The highest BCUT2D eigenvalue weighted by Crippen LogP contribution is 2.33. The van der Waals surface area contributed by atoms with Crippen molar-refractivity contribution in [3.8, 4) is 11.5 Å². The molecule has 0 spiro atoms. The van der Waals surface area contributed by atoms with Crippen LogP contribution in [0.5, 0.6) is 11.5 Å². The molecule has 0 saturated carbocycles. The molecule has 11 heteroatoms. The zero-order valence-corrected chi connectivity index (χ0v) is 16.5. The first-order valence-electron chi connectivity index (χ1n) is 8.32. The van der Waals surface area contributed by atoms with Crippen molar-refractivity contribution >= 4 is 35.2 Å². The maximum Gasteiger partial charge on any atom is 0.353 e. The number of ketones is 1. The van der Waals surface area contributed by atoms with Gasteiger partial charge < -0.3 is 25.1 Å². The lowest BCUT2D eigenvalue weighted by Crippen LogP contribution is -2.41. The van der Waals surface area contributed by atoms with E-state index in [1.807, 2.05) is 0 Å². The number of aliphatic hydroxyl groups is 1. The number of methoxy groups -OCH3 is 2. The average molecular weight is 418 g/mol. The lowest BCUT2D eigenvalue weighted by Gasteiger charge is -2.26. The van der Waals surface area contributed by atoms with Gasteiger partial charge in [-0.1, -0.05) is 0 Å². The molecule has 0 fully saturated rings. The fourth-order valence-electron chi connectivity index (χ4n) is 2.74. The van der Waals surface area contributed by atoms with Gasteiger partial charge in [0, 0.05) is 23.9 Å². The minimum Gasteiger partial charge on any atom is -0.506 e. The van der Waals surface area contributed by atoms with E-state index in [9.17, 15) is 29.1 Å². The number of ether oxygens (including phenoxy) is 3.